The van der Waals surface area contributed by atoms with E-state index < -0.39 is 46.8 Å². The lowest BCUT2D eigenvalue weighted by atomic mass is 9.66. The summed E-state index contributed by atoms with van der Waals surface area (Å²) in [6.07, 6.45) is 2.58. The Morgan fingerprint density at radius 3 is 2.50 bits per heavy atom. The number of nitrogens with zero attached hydrogens (tertiary/aromatic N) is 1. The van der Waals surface area contributed by atoms with Crippen molar-refractivity contribution < 1.29 is 38.8 Å². The van der Waals surface area contributed by atoms with Crippen LogP contribution in [-0.2, 0) is 21.5 Å². The van der Waals surface area contributed by atoms with Crippen LogP contribution in [0.2, 0.25) is 0 Å². The quantitative estimate of drug-likeness (QED) is 0.257. The Morgan fingerprint density at radius 1 is 1.16 bits per heavy atom. The van der Waals surface area contributed by atoms with Crippen molar-refractivity contribution in [1.29, 1.82) is 0 Å². The Balaban J connectivity index is 1.75. The highest BCUT2D eigenvalue weighted by molar-refractivity contribution is 6.33. The standard InChI is InChI=1S/C35H31NO8/c1-7-15-43-33(41)36-24-13-11-9-10-12-14-25(38)35(34(24,44-35)18(3)4)22-17-23(37)27-28(29(22)36)30(39)21-16-19(5)20(8-2)32(42-6)26(21)31(27)40/h7,9-10,16-18,24-25,37-38H,1,8,15H2,2-6H3/b10-9-/t24-,25+,34-,35-/m0/s1. The van der Waals surface area contributed by atoms with Crippen molar-refractivity contribution >= 4 is 23.3 Å². The third-order valence-corrected chi connectivity index (χ3v) is 9.00. The van der Waals surface area contributed by atoms with Crippen LogP contribution in [0.5, 0.6) is 11.5 Å². The van der Waals surface area contributed by atoms with Crippen LogP contribution in [0.4, 0.5) is 10.5 Å². The summed E-state index contributed by atoms with van der Waals surface area (Å²) in [6, 6.07) is 1.82. The number of ketones is 2. The summed E-state index contributed by atoms with van der Waals surface area (Å²) in [5.74, 6) is 9.71. The van der Waals surface area contributed by atoms with E-state index in [0.29, 0.717) is 6.42 Å². The van der Waals surface area contributed by atoms with E-state index in [-0.39, 0.29) is 51.8 Å². The fraction of sp³-hybridized carbons (Fsp3) is 0.343. The maximum atomic E-state index is 14.6. The van der Waals surface area contributed by atoms with Crippen molar-refractivity contribution in [2.75, 3.05) is 18.6 Å². The molecule has 2 bridgehead atoms. The Bertz CT molecular complexity index is 1850. The molecule has 1 saturated heterocycles. The van der Waals surface area contributed by atoms with Crippen LogP contribution < -0.4 is 9.64 Å². The predicted molar refractivity (Wildman–Crippen MR) is 161 cm³/mol. The number of allylic oxidation sites excluding steroid dienone is 2. The van der Waals surface area contributed by atoms with Gasteiger partial charge in [0.1, 0.15) is 29.7 Å². The molecule has 2 aliphatic heterocycles. The van der Waals surface area contributed by atoms with Crippen molar-refractivity contribution in [1.82, 2.24) is 0 Å². The van der Waals surface area contributed by atoms with E-state index in [0.717, 1.165) is 11.1 Å². The van der Waals surface area contributed by atoms with Crippen LogP contribution in [0.1, 0.15) is 69.3 Å². The third kappa shape index (κ3) is 3.54. The maximum absolute atomic E-state index is 14.6. The molecule has 0 aromatic heterocycles. The van der Waals surface area contributed by atoms with Crippen LogP contribution in [0, 0.1) is 36.5 Å². The minimum absolute atomic E-state index is 0.0365. The minimum Gasteiger partial charge on any atom is -0.507 e. The van der Waals surface area contributed by atoms with Gasteiger partial charge in [0.15, 0.2) is 17.5 Å². The lowest BCUT2D eigenvalue weighted by Gasteiger charge is -2.43. The van der Waals surface area contributed by atoms with Gasteiger partial charge in [0.2, 0.25) is 5.78 Å². The molecular formula is C35H31NO8. The van der Waals surface area contributed by atoms with Crippen molar-refractivity contribution in [2.45, 2.75) is 57.5 Å². The summed E-state index contributed by atoms with van der Waals surface area (Å²) in [7, 11) is 1.43. The molecule has 0 saturated carbocycles. The number of fused-ring (bicyclic) bond motifs is 4. The van der Waals surface area contributed by atoms with E-state index in [9.17, 15) is 24.6 Å². The van der Waals surface area contributed by atoms with Gasteiger partial charge in [-0.05, 0) is 54.7 Å². The lowest BCUT2D eigenvalue weighted by Crippen LogP contribution is -2.59. The summed E-state index contributed by atoms with van der Waals surface area (Å²) in [5.41, 5.74) is -1.72. The second-order valence-corrected chi connectivity index (χ2v) is 11.4. The molecule has 4 aliphatic rings. The summed E-state index contributed by atoms with van der Waals surface area (Å²) >= 11 is 0. The number of ether oxygens (including phenoxy) is 3. The monoisotopic (exact) mass is 593 g/mol. The summed E-state index contributed by atoms with van der Waals surface area (Å²) in [4.78, 5) is 44.1. The smallest absolute Gasteiger partial charge is 0.415 e. The number of carbonyl (C=O) groups is 3. The minimum atomic E-state index is -1.60. The fourth-order valence-electron chi connectivity index (χ4n) is 7.17. The molecule has 2 heterocycles. The van der Waals surface area contributed by atoms with Crippen molar-refractivity contribution in [3.8, 4) is 35.2 Å². The first kappa shape index (κ1) is 29.3. The number of phenolic OH excluding ortho intramolecular Hbond substituents is 1. The van der Waals surface area contributed by atoms with E-state index in [1.54, 1.807) is 6.07 Å². The van der Waals surface area contributed by atoms with Crippen molar-refractivity contribution in [3.05, 3.63) is 75.9 Å². The Labute approximate surface area is 255 Å². The highest BCUT2D eigenvalue weighted by atomic mass is 16.6. The predicted octanol–water partition coefficient (Wildman–Crippen LogP) is 4.12. The van der Waals surface area contributed by atoms with Crippen molar-refractivity contribution in [3.63, 3.8) is 0 Å². The van der Waals surface area contributed by atoms with Crippen LogP contribution >= 0.6 is 0 Å². The van der Waals surface area contributed by atoms with E-state index >= 15 is 0 Å². The van der Waals surface area contributed by atoms with E-state index in [2.05, 4.69) is 30.3 Å². The van der Waals surface area contributed by atoms with Gasteiger partial charge in [-0.2, -0.15) is 0 Å². The maximum Gasteiger partial charge on any atom is 0.415 e. The van der Waals surface area contributed by atoms with E-state index in [4.69, 9.17) is 14.2 Å². The zero-order valence-electron chi connectivity index (χ0n) is 25.0. The molecule has 6 rings (SSSR count). The van der Waals surface area contributed by atoms with Gasteiger partial charge in [0.25, 0.3) is 0 Å². The molecule has 9 heteroatoms. The number of carbonyl (C=O) groups excluding carboxylic acids is 3. The number of hydrogen-bond acceptors (Lipinski definition) is 8. The first-order chi connectivity index (χ1) is 21.0. The molecule has 4 atom stereocenters. The zero-order chi connectivity index (χ0) is 31.7. The first-order valence-electron chi connectivity index (χ1n) is 14.4. The number of aryl methyl sites for hydroxylation is 1. The molecule has 2 aliphatic carbocycles. The number of rotatable bonds is 5. The van der Waals surface area contributed by atoms with Gasteiger partial charge in [0, 0.05) is 11.1 Å². The molecule has 2 aromatic rings. The summed E-state index contributed by atoms with van der Waals surface area (Å²) < 4.78 is 17.7. The van der Waals surface area contributed by atoms with Crippen molar-refractivity contribution in [2.24, 2.45) is 5.92 Å². The highest BCUT2D eigenvalue weighted by Gasteiger charge is 2.83. The number of epoxide rings is 1. The first-order valence-corrected chi connectivity index (χ1v) is 14.4. The van der Waals surface area contributed by atoms with Crippen LogP contribution in [-0.4, -0.2) is 59.3 Å². The Morgan fingerprint density at radius 2 is 1.86 bits per heavy atom. The Hall–Kier alpha value is -4.83. The average Bonchev–Trinajstić information content (AvgIpc) is 3.72. The molecule has 224 valence electrons. The molecule has 2 aromatic carbocycles. The number of hydrogen-bond donors (Lipinski definition) is 2. The molecule has 0 radical (unpaired) electrons. The normalized spacial score (nSPS) is 26.0. The average molecular weight is 594 g/mol. The van der Waals surface area contributed by atoms with Gasteiger partial charge in [-0.25, -0.2) is 4.79 Å². The Kier molecular flexibility index (Phi) is 6.73. The second kappa shape index (κ2) is 10.1. The number of benzene rings is 2. The SMILES string of the molecule is C=CCOC(=O)N1c2c(cc(O)c3c2C(=O)c2cc(C)c(CC)c(OC)c2C3=O)[C@@]23O[C@@]2(C(C)C)[C@@H]1C#C/C=C\C#C[C@H]3O. The largest absolute Gasteiger partial charge is 0.507 e. The molecule has 9 nitrogen and oxygen atoms in total. The molecule has 1 amide bonds. The van der Waals surface area contributed by atoms with Gasteiger partial charge < -0.3 is 24.4 Å². The molecular weight excluding hydrogens is 562 g/mol. The molecule has 44 heavy (non-hydrogen) atoms. The topological polar surface area (TPSA) is 126 Å². The number of methoxy groups -OCH3 is 1. The van der Waals surface area contributed by atoms with E-state index in [1.807, 2.05) is 27.7 Å². The molecule has 0 unspecified atom stereocenters. The third-order valence-electron chi connectivity index (χ3n) is 9.00. The molecule has 2 N–H and O–H groups in total. The van der Waals surface area contributed by atoms with Crippen LogP contribution in [0.25, 0.3) is 0 Å². The van der Waals surface area contributed by atoms with Gasteiger partial charge in [-0.3, -0.25) is 14.5 Å². The number of aliphatic hydroxyl groups is 1. The van der Waals surface area contributed by atoms with Crippen LogP contribution in [0.3, 0.4) is 0 Å². The molecule has 0 spiro atoms. The van der Waals surface area contributed by atoms with Crippen LogP contribution in [0.15, 0.2) is 36.9 Å². The molecule has 1 fully saturated rings. The van der Waals surface area contributed by atoms with Gasteiger partial charge >= 0.3 is 6.09 Å². The number of phenols is 1. The van der Waals surface area contributed by atoms with Gasteiger partial charge in [-0.1, -0.05) is 57.1 Å². The summed E-state index contributed by atoms with van der Waals surface area (Å²) in [5, 5.41) is 23.2. The fourth-order valence-corrected chi connectivity index (χ4v) is 7.17. The number of aliphatic hydroxyl groups excluding tert-OH is 1. The lowest BCUT2D eigenvalue weighted by molar-refractivity contribution is 0.0972. The summed E-state index contributed by atoms with van der Waals surface area (Å²) in [6.45, 7) is 10.9. The zero-order valence-corrected chi connectivity index (χ0v) is 25.0. The second-order valence-electron chi connectivity index (χ2n) is 11.4. The highest BCUT2D eigenvalue weighted by Crippen LogP contribution is 2.70. The van der Waals surface area contributed by atoms with Gasteiger partial charge in [0.05, 0.1) is 29.5 Å². The van der Waals surface area contributed by atoms with E-state index in [1.165, 1.54) is 36.3 Å². The number of aromatic hydroxyl groups is 1. The number of anilines is 1. The number of amides is 1. The van der Waals surface area contributed by atoms with Gasteiger partial charge in [-0.15, -0.1) is 0 Å².